The van der Waals surface area contributed by atoms with E-state index in [1.165, 1.54) is 0 Å². The summed E-state index contributed by atoms with van der Waals surface area (Å²) < 4.78 is 22.3. The second-order valence-electron chi connectivity index (χ2n) is 3.55. The minimum atomic E-state index is -2.36. The Balaban J connectivity index is 2.20. The molecule has 0 spiro atoms. The summed E-state index contributed by atoms with van der Waals surface area (Å²) in [6.07, 6.45) is 0. The fourth-order valence-corrected chi connectivity index (χ4v) is 1.82. The molecule has 0 unspecified atom stereocenters. The van der Waals surface area contributed by atoms with E-state index in [0.29, 0.717) is 11.4 Å². The maximum Gasteiger partial charge on any atom is 0.256 e. The zero-order chi connectivity index (χ0) is 12.8. The van der Waals surface area contributed by atoms with Gasteiger partial charge in [0, 0.05) is 11.4 Å². The summed E-state index contributed by atoms with van der Waals surface area (Å²) in [6, 6.07) is 18.2. The van der Waals surface area contributed by atoms with Crippen LogP contribution in [0.1, 0.15) is 0 Å². The van der Waals surface area contributed by atoms with Gasteiger partial charge < -0.3 is 10.6 Å². The van der Waals surface area contributed by atoms with Crippen molar-refractivity contribution in [2.24, 2.45) is 0 Å². The lowest BCUT2D eigenvalue weighted by Gasteiger charge is -2.09. The van der Waals surface area contributed by atoms with Crippen molar-refractivity contribution in [2.45, 2.75) is 0 Å². The molecule has 4 nitrogen and oxygen atoms in total. The summed E-state index contributed by atoms with van der Waals surface area (Å²) in [5, 5.41) is 5.66. The van der Waals surface area contributed by atoms with Crippen molar-refractivity contribution >= 4 is 26.8 Å². The van der Waals surface area contributed by atoms with Crippen molar-refractivity contribution in [3.63, 3.8) is 0 Å². The Kier molecular flexibility index (Phi) is 3.98. The molecule has 0 saturated heterocycles. The van der Waals surface area contributed by atoms with Crippen LogP contribution in [-0.4, -0.2) is 13.5 Å². The third-order valence-electron chi connectivity index (χ3n) is 2.23. The van der Waals surface area contributed by atoms with Gasteiger partial charge >= 0.3 is 0 Å². The fourth-order valence-electron chi connectivity index (χ4n) is 1.42. The number of nitrogens with one attached hydrogen (secondary N) is 2. The van der Waals surface area contributed by atoms with Crippen LogP contribution in [0.25, 0.3) is 0 Å². The van der Waals surface area contributed by atoms with Gasteiger partial charge in [-0.15, -0.1) is 0 Å². The standard InChI is InChI=1S/C13H12N2O2S/c16-18(17)13(14-11-7-3-1-4-8-11)15-12-9-5-2-6-10-12/h1-10,14-15H. The van der Waals surface area contributed by atoms with Crippen molar-refractivity contribution in [3.8, 4) is 0 Å². The van der Waals surface area contributed by atoms with E-state index in [9.17, 15) is 8.42 Å². The van der Waals surface area contributed by atoms with Crippen molar-refractivity contribution in [1.29, 1.82) is 0 Å². The van der Waals surface area contributed by atoms with E-state index in [0.717, 1.165) is 0 Å². The van der Waals surface area contributed by atoms with Gasteiger partial charge in [-0.3, -0.25) is 0 Å². The van der Waals surface area contributed by atoms with Gasteiger partial charge in [0.05, 0.1) is 0 Å². The van der Waals surface area contributed by atoms with Crippen molar-refractivity contribution in [1.82, 2.24) is 0 Å². The van der Waals surface area contributed by atoms with Crippen molar-refractivity contribution < 1.29 is 8.42 Å². The van der Waals surface area contributed by atoms with Crippen LogP contribution in [0.3, 0.4) is 0 Å². The van der Waals surface area contributed by atoms with Crippen LogP contribution in [0.5, 0.6) is 0 Å². The predicted octanol–water partition coefficient (Wildman–Crippen LogP) is 2.18. The van der Waals surface area contributed by atoms with Gasteiger partial charge in [0.2, 0.25) is 5.11 Å². The molecule has 0 aliphatic rings. The maximum atomic E-state index is 11.1. The molecular formula is C13H12N2O2S. The Hall–Kier alpha value is -2.27. The maximum absolute atomic E-state index is 11.1. The number of benzene rings is 2. The van der Waals surface area contributed by atoms with Crippen LogP contribution in [0.15, 0.2) is 60.7 Å². The minimum Gasteiger partial charge on any atom is -0.329 e. The van der Waals surface area contributed by atoms with Crippen LogP contribution < -0.4 is 10.6 Å². The number of para-hydroxylation sites is 2. The van der Waals surface area contributed by atoms with Crippen LogP contribution in [0.2, 0.25) is 0 Å². The summed E-state index contributed by atoms with van der Waals surface area (Å²) in [4.78, 5) is 0. The molecule has 0 atom stereocenters. The molecule has 0 bridgehead atoms. The highest BCUT2D eigenvalue weighted by Crippen LogP contribution is 2.08. The Morgan fingerprint density at radius 1 is 0.722 bits per heavy atom. The summed E-state index contributed by atoms with van der Waals surface area (Å²) in [5.41, 5.74) is 1.42. The van der Waals surface area contributed by atoms with Gasteiger partial charge in [-0.25, -0.2) is 0 Å². The first-order chi connectivity index (χ1) is 8.75. The Bertz CT molecular complexity index is 586. The average Bonchev–Trinajstić information content (AvgIpc) is 2.40. The molecule has 2 rings (SSSR count). The third kappa shape index (κ3) is 3.36. The summed E-state index contributed by atoms with van der Waals surface area (Å²) in [7, 11) is -2.36. The van der Waals surface area contributed by atoms with Crippen molar-refractivity contribution in [3.05, 3.63) is 60.7 Å². The Labute approximate surface area is 107 Å². The molecule has 2 aromatic rings. The average molecular weight is 260 g/mol. The molecule has 0 aromatic heterocycles. The van der Waals surface area contributed by atoms with Crippen LogP contribution in [-0.2, 0) is 10.3 Å². The lowest BCUT2D eigenvalue weighted by molar-refractivity contribution is 0.627. The second kappa shape index (κ2) is 5.88. The number of anilines is 2. The monoisotopic (exact) mass is 260 g/mol. The topological polar surface area (TPSA) is 58.2 Å². The van der Waals surface area contributed by atoms with E-state index in [2.05, 4.69) is 10.6 Å². The number of rotatable bonds is 2. The van der Waals surface area contributed by atoms with E-state index in [-0.39, 0.29) is 5.11 Å². The molecule has 5 heteroatoms. The fraction of sp³-hybridized carbons (Fsp3) is 0. The van der Waals surface area contributed by atoms with E-state index >= 15 is 0 Å². The predicted molar refractivity (Wildman–Crippen MR) is 74.1 cm³/mol. The highest BCUT2D eigenvalue weighted by molar-refractivity contribution is 7.73. The molecular weight excluding hydrogens is 248 g/mol. The summed E-state index contributed by atoms with van der Waals surface area (Å²) in [6.45, 7) is 0. The molecule has 18 heavy (non-hydrogen) atoms. The van der Waals surface area contributed by atoms with E-state index < -0.39 is 10.3 Å². The lowest BCUT2D eigenvalue weighted by atomic mass is 10.3. The minimum absolute atomic E-state index is 0.0207. The van der Waals surface area contributed by atoms with Gasteiger partial charge in [-0.2, -0.15) is 8.42 Å². The van der Waals surface area contributed by atoms with Crippen LogP contribution in [0.4, 0.5) is 11.4 Å². The Morgan fingerprint density at radius 3 is 1.44 bits per heavy atom. The normalized spacial score (nSPS) is 9.56. The first kappa shape index (κ1) is 12.2. The zero-order valence-corrected chi connectivity index (χ0v) is 10.3. The highest BCUT2D eigenvalue weighted by atomic mass is 32.2. The van der Waals surface area contributed by atoms with E-state index in [1.807, 2.05) is 36.4 Å². The molecule has 0 fully saturated rings. The van der Waals surface area contributed by atoms with Crippen LogP contribution in [0, 0.1) is 0 Å². The molecule has 0 heterocycles. The van der Waals surface area contributed by atoms with Crippen LogP contribution >= 0.6 is 0 Å². The van der Waals surface area contributed by atoms with Gasteiger partial charge in [0.1, 0.15) is 0 Å². The molecule has 0 aliphatic heterocycles. The molecule has 92 valence electrons. The largest absolute Gasteiger partial charge is 0.329 e. The van der Waals surface area contributed by atoms with Crippen molar-refractivity contribution in [2.75, 3.05) is 10.6 Å². The summed E-state index contributed by atoms with van der Waals surface area (Å²) >= 11 is 0. The number of hydrogen-bond acceptors (Lipinski definition) is 2. The smallest absolute Gasteiger partial charge is 0.256 e. The van der Waals surface area contributed by atoms with Gasteiger partial charge in [-0.05, 0) is 24.3 Å². The molecule has 0 saturated carbocycles. The van der Waals surface area contributed by atoms with Gasteiger partial charge in [-0.1, -0.05) is 36.4 Å². The SMILES string of the molecule is O=S(=O)=C(Nc1ccccc1)Nc1ccccc1. The zero-order valence-electron chi connectivity index (χ0n) is 9.50. The van der Waals surface area contributed by atoms with E-state index in [4.69, 9.17) is 0 Å². The third-order valence-corrected chi connectivity index (χ3v) is 2.77. The number of hydrogen-bond donors (Lipinski definition) is 2. The van der Waals surface area contributed by atoms with Gasteiger partial charge in [0.25, 0.3) is 10.3 Å². The first-order valence-corrected chi connectivity index (χ1v) is 6.43. The van der Waals surface area contributed by atoms with E-state index in [1.54, 1.807) is 24.3 Å². The highest BCUT2D eigenvalue weighted by Gasteiger charge is 2.02. The molecule has 2 aromatic carbocycles. The van der Waals surface area contributed by atoms with Gasteiger partial charge in [0.15, 0.2) is 0 Å². The quantitative estimate of drug-likeness (QED) is 0.813. The molecule has 2 N–H and O–H groups in total. The lowest BCUT2D eigenvalue weighted by Crippen LogP contribution is -2.22. The molecule has 0 amide bonds. The summed E-state index contributed by atoms with van der Waals surface area (Å²) in [5.74, 6) is 0. The molecule has 0 aliphatic carbocycles. The Morgan fingerprint density at radius 2 is 1.11 bits per heavy atom. The molecule has 0 radical (unpaired) electrons. The first-order valence-electron chi connectivity index (χ1n) is 5.36. The second-order valence-corrected chi connectivity index (χ2v) is 4.42.